The van der Waals surface area contributed by atoms with Crippen LogP contribution in [0.4, 0.5) is 13.2 Å². The van der Waals surface area contributed by atoms with E-state index in [9.17, 15) is 22.8 Å². The highest BCUT2D eigenvalue weighted by Gasteiger charge is 2.31. The lowest BCUT2D eigenvalue weighted by Crippen LogP contribution is -2.25. The van der Waals surface area contributed by atoms with Crippen molar-refractivity contribution in [3.05, 3.63) is 84.2 Å². The molecular weight excluding hydrogens is 459 g/mol. The van der Waals surface area contributed by atoms with Crippen molar-refractivity contribution in [2.45, 2.75) is 45.3 Å². The van der Waals surface area contributed by atoms with Crippen LogP contribution >= 0.6 is 0 Å². The second-order valence-corrected chi connectivity index (χ2v) is 7.82. The molecule has 1 aromatic carbocycles. The molecule has 35 heavy (non-hydrogen) atoms. The molecule has 0 saturated heterocycles. The van der Waals surface area contributed by atoms with Gasteiger partial charge in [-0.1, -0.05) is 44.7 Å². The first-order chi connectivity index (χ1) is 16.4. The minimum Gasteiger partial charge on any atom is -0.481 e. The number of hydrogen-bond donors (Lipinski definition) is 2. The molecule has 0 aliphatic rings. The molecule has 1 aromatic rings. The number of nitrogens with zero attached hydrogens (tertiary/aromatic N) is 2. The van der Waals surface area contributed by atoms with E-state index in [0.29, 0.717) is 17.0 Å². The first-order valence-corrected chi connectivity index (χ1v) is 11.0. The zero-order valence-corrected chi connectivity index (χ0v) is 20.2. The molecule has 0 aliphatic heterocycles. The van der Waals surface area contributed by atoms with E-state index in [2.05, 4.69) is 18.5 Å². The lowest BCUT2D eigenvalue weighted by Gasteiger charge is -2.17. The average Bonchev–Trinajstić information content (AvgIpc) is 2.79. The number of benzene rings is 1. The van der Waals surface area contributed by atoms with Crippen molar-refractivity contribution >= 4 is 17.6 Å². The number of aliphatic carboxylic acids is 1. The van der Waals surface area contributed by atoms with Gasteiger partial charge in [-0.25, -0.2) is 0 Å². The van der Waals surface area contributed by atoms with E-state index >= 15 is 0 Å². The molecule has 9 heteroatoms. The van der Waals surface area contributed by atoms with Gasteiger partial charge in [-0.05, 0) is 43.2 Å². The van der Waals surface area contributed by atoms with Crippen LogP contribution in [0.1, 0.15) is 55.1 Å². The van der Waals surface area contributed by atoms with E-state index in [4.69, 9.17) is 10.1 Å². The van der Waals surface area contributed by atoms with Crippen molar-refractivity contribution < 1.29 is 27.9 Å². The minimum atomic E-state index is -4.50. The molecule has 0 saturated carbocycles. The summed E-state index contributed by atoms with van der Waals surface area (Å²) in [5.74, 6) is -1.34. The molecule has 0 bridgehead atoms. The Morgan fingerprint density at radius 1 is 1.23 bits per heavy atom. The Morgan fingerprint density at radius 3 is 2.37 bits per heavy atom. The molecule has 1 rings (SSSR count). The lowest BCUT2D eigenvalue weighted by atomic mass is 10.0. The highest BCUT2D eigenvalue weighted by Crippen LogP contribution is 2.27. The van der Waals surface area contributed by atoms with Crippen molar-refractivity contribution in [3.8, 4) is 0 Å². The van der Waals surface area contributed by atoms with Gasteiger partial charge in [-0.2, -0.15) is 13.2 Å². The SMILES string of the molecule is C=CC(=CN(C)C(=C)/C=C\C(C)=NC(CCC)c1ccc(C(=O)NCCC(=O)O)cc1)C(F)(F)F. The standard InChI is InChI=1S/C26H32F3N3O3/c1-6-8-23(20-11-13-21(14-12-20)25(35)30-16-15-24(33)34)31-18(3)9-10-19(4)32(5)17-22(7-2)26(27,28)29/h7,9-14,17,23H,2,4,6,8,15-16H2,1,3,5H3,(H,30,35)(H,33,34)/b10-9-,22-17?,31-18?. The third kappa shape index (κ3) is 10.5. The number of hydrogen-bond acceptors (Lipinski definition) is 4. The van der Waals surface area contributed by atoms with Gasteiger partial charge in [0, 0.05) is 36.8 Å². The molecule has 0 aromatic heterocycles. The minimum absolute atomic E-state index is 0.0472. The lowest BCUT2D eigenvalue weighted by molar-refractivity contribution is -0.136. The molecule has 0 fully saturated rings. The Labute approximate surface area is 204 Å². The van der Waals surface area contributed by atoms with Crippen LogP contribution < -0.4 is 5.32 Å². The Bertz CT molecular complexity index is 993. The highest BCUT2D eigenvalue weighted by molar-refractivity contribution is 5.94. The Kier molecular flexibility index (Phi) is 11.7. The summed E-state index contributed by atoms with van der Waals surface area (Å²) >= 11 is 0. The van der Waals surface area contributed by atoms with Gasteiger partial charge in [0.1, 0.15) is 0 Å². The third-order valence-electron chi connectivity index (χ3n) is 4.95. The van der Waals surface area contributed by atoms with Crippen molar-refractivity contribution in [1.29, 1.82) is 0 Å². The van der Waals surface area contributed by atoms with Crippen LogP contribution in [0.5, 0.6) is 0 Å². The maximum Gasteiger partial charge on any atom is 0.417 e. The Morgan fingerprint density at radius 2 is 1.86 bits per heavy atom. The van der Waals surface area contributed by atoms with Crippen molar-refractivity contribution in [2.24, 2.45) is 4.99 Å². The number of allylic oxidation sites excluding steroid dienone is 4. The summed E-state index contributed by atoms with van der Waals surface area (Å²) in [7, 11) is 1.47. The van der Waals surface area contributed by atoms with Gasteiger partial charge in [-0.3, -0.25) is 14.6 Å². The number of nitrogens with one attached hydrogen (secondary N) is 1. The van der Waals surface area contributed by atoms with Crippen LogP contribution in [-0.2, 0) is 4.79 Å². The van der Waals surface area contributed by atoms with Gasteiger partial charge in [0.15, 0.2) is 0 Å². The van der Waals surface area contributed by atoms with Crippen LogP contribution in [0.15, 0.2) is 78.1 Å². The zero-order valence-electron chi connectivity index (χ0n) is 20.2. The quantitative estimate of drug-likeness (QED) is 0.269. The predicted octanol–water partition coefficient (Wildman–Crippen LogP) is 5.83. The molecule has 0 radical (unpaired) electrons. The van der Waals surface area contributed by atoms with Gasteiger partial charge in [-0.15, -0.1) is 0 Å². The molecule has 1 unspecified atom stereocenters. The van der Waals surface area contributed by atoms with Gasteiger partial charge < -0.3 is 15.3 Å². The predicted molar refractivity (Wildman–Crippen MR) is 132 cm³/mol. The monoisotopic (exact) mass is 491 g/mol. The number of carboxylic acids is 1. The van der Waals surface area contributed by atoms with Crippen molar-refractivity contribution in [3.63, 3.8) is 0 Å². The summed E-state index contributed by atoms with van der Waals surface area (Å²) in [6, 6.07) is 6.76. The third-order valence-corrected chi connectivity index (χ3v) is 4.95. The first-order valence-electron chi connectivity index (χ1n) is 11.0. The topological polar surface area (TPSA) is 82.0 Å². The molecule has 2 N–H and O–H groups in total. The van der Waals surface area contributed by atoms with Gasteiger partial charge >= 0.3 is 12.1 Å². The van der Waals surface area contributed by atoms with Gasteiger partial charge in [0.2, 0.25) is 0 Å². The normalized spacial score (nSPS) is 13.4. The molecule has 0 aliphatic carbocycles. The largest absolute Gasteiger partial charge is 0.481 e. The van der Waals surface area contributed by atoms with Crippen LogP contribution in [0.2, 0.25) is 0 Å². The van der Waals surface area contributed by atoms with Crippen molar-refractivity contribution in [2.75, 3.05) is 13.6 Å². The average molecular weight is 492 g/mol. The number of carbonyl (C=O) groups is 2. The number of likely N-dealkylation sites (N-methyl/N-ethyl adjacent to an activating group) is 1. The van der Waals surface area contributed by atoms with Crippen LogP contribution in [0, 0.1) is 0 Å². The summed E-state index contributed by atoms with van der Waals surface area (Å²) < 4.78 is 38.7. The van der Waals surface area contributed by atoms with Crippen LogP contribution in [-0.4, -0.2) is 47.4 Å². The summed E-state index contributed by atoms with van der Waals surface area (Å²) in [5, 5.41) is 11.2. The van der Waals surface area contributed by atoms with E-state index in [1.807, 2.05) is 6.92 Å². The number of rotatable bonds is 13. The van der Waals surface area contributed by atoms with Gasteiger partial charge in [0.25, 0.3) is 5.91 Å². The fraction of sp³-hybridized carbons (Fsp3) is 0.346. The fourth-order valence-electron chi connectivity index (χ4n) is 2.98. The van der Waals surface area contributed by atoms with E-state index in [1.165, 1.54) is 11.9 Å². The fourth-order valence-corrected chi connectivity index (χ4v) is 2.98. The maximum atomic E-state index is 12.9. The summed E-state index contributed by atoms with van der Waals surface area (Å²) in [4.78, 5) is 28.7. The van der Waals surface area contributed by atoms with E-state index in [0.717, 1.165) is 30.7 Å². The van der Waals surface area contributed by atoms with Crippen LogP contribution in [0.25, 0.3) is 0 Å². The van der Waals surface area contributed by atoms with E-state index < -0.39 is 17.7 Å². The maximum absolute atomic E-state index is 12.9. The van der Waals surface area contributed by atoms with E-state index in [1.54, 1.807) is 43.3 Å². The summed E-state index contributed by atoms with van der Waals surface area (Å²) in [5.41, 5.74) is 1.45. The zero-order chi connectivity index (χ0) is 26.6. The summed E-state index contributed by atoms with van der Waals surface area (Å²) in [6.45, 7) is 10.9. The Balaban J connectivity index is 2.93. The number of alkyl halides is 3. The number of amides is 1. The molecule has 0 heterocycles. The number of carbonyl (C=O) groups excluding carboxylic acids is 1. The molecule has 6 nitrogen and oxygen atoms in total. The Hall–Kier alpha value is -3.62. The molecule has 1 atom stereocenters. The smallest absolute Gasteiger partial charge is 0.417 e. The molecule has 0 spiro atoms. The second kappa shape index (κ2) is 13.9. The summed E-state index contributed by atoms with van der Waals surface area (Å²) in [6.07, 6.45) is 1.91. The van der Waals surface area contributed by atoms with Gasteiger partial charge in [0.05, 0.1) is 18.0 Å². The first kappa shape index (κ1) is 29.4. The number of halogens is 3. The number of carboxylic acid groups (broad SMARTS) is 1. The second-order valence-electron chi connectivity index (χ2n) is 7.82. The molecular formula is C26H32F3N3O3. The highest BCUT2D eigenvalue weighted by atomic mass is 19.4. The molecule has 1 amide bonds. The van der Waals surface area contributed by atoms with Crippen molar-refractivity contribution in [1.82, 2.24) is 10.2 Å². The molecule has 190 valence electrons. The number of aliphatic imine (C=N–C) groups is 1. The van der Waals surface area contributed by atoms with Crippen LogP contribution in [0.3, 0.4) is 0 Å². The van der Waals surface area contributed by atoms with E-state index in [-0.39, 0.29) is 24.9 Å².